The van der Waals surface area contributed by atoms with Crippen molar-refractivity contribution < 1.29 is 14.4 Å². The lowest BCUT2D eigenvalue weighted by molar-refractivity contribution is -0.151. The Morgan fingerprint density at radius 2 is 2.37 bits per heavy atom. The second kappa shape index (κ2) is 4.59. The Balaban J connectivity index is 1.63. The first-order valence-electron chi connectivity index (χ1n) is 6.85. The molecule has 2 fully saturated rings. The topological polar surface area (TPSA) is 79.5 Å². The predicted octanol–water partition coefficient (Wildman–Crippen LogP) is 1.63. The number of carbonyl (C=O) groups is 1. The molecule has 0 spiro atoms. The van der Waals surface area contributed by atoms with Gasteiger partial charge in [0.25, 0.3) is 0 Å². The summed E-state index contributed by atoms with van der Waals surface area (Å²) in [5.74, 6) is 1.17. The molecule has 1 aromatic rings. The van der Waals surface area contributed by atoms with E-state index in [0.29, 0.717) is 24.8 Å². The number of carboxylic acid groups (broad SMARTS) is 1. The highest BCUT2D eigenvalue weighted by Crippen LogP contribution is 2.39. The third kappa shape index (κ3) is 2.63. The van der Waals surface area contributed by atoms with Gasteiger partial charge in [0.1, 0.15) is 0 Å². The molecule has 1 aliphatic carbocycles. The summed E-state index contributed by atoms with van der Waals surface area (Å²) in [5.41, 5.74) is -0.651. The quantitative estimate of drug-likeness (QED) is 0.891. The lowest BCUT2D eigenvalue weighted by Crippen LogP contribution is -2.45. The lowest BCUT2D eigenvalue weighted by Gasteiger charge is -2.36. The summed E-state index contributed by atoms with van der Waals surface area (Å²) in [7, 11) is 0. The zero-order valence-electron chi connectivity index (χ0n) is 11.1. The fourth-order valence-electron chi connectivity index (χ4n) is 2.68. The van der Waals surface area contributed by atoms with E-state index in [2.05, 4.69) is 15.0 Å². The molecular formula is C13H19N3O3. The van der Waals surface area contributed by atoms with Crippen LogP contribution in [0.3, 0.4) is 0 Å². The van der Waals surface area contributed by atoms with Crippen molar-refractivity contribution >= 4 is 5.97 Å². The number of aliphatic carboxylic acids is 1. The van der Waals surface area contributed by atoms with E-state index in [0.717, 1.165) is 38.1 Å². The van der Waals surface area contributed by atoms with Gasteiger partial charge >= 0.3 is 5.97 Å². The van der Waals surface area contributed by atoms with Gasteiger partial charge in [0, 0.05) is 12.5 Å². The Bertz CT molecular complexity index is 483. The number of aromatic nitrogens is 2. The average Bonchev–Trinajstić information content (AvgIpc) is 3.11. The fourth-order valence-corrected chi connectivity index (χ4v) is 2.68. The van der Waals surface area contributed by atoms with Crippen LogP contribution in [0, 0.1) is 5.41 Å². The molecule has 1 saturated carbocycles. The minimum Gasteiger partial charge on any atom is -0.481 e. The number of piperidine rings is 1. The lowest BCUT2D eigenvalue weighted by atomic mass is 9.82. The minimum atomic E-state index is -0.719. The molecule has 2 aliphatic rings. The van der Waals surface area contributed by atoms with Gasteiger partial charge in [0.15, 0.2) is 5.82 Å². The molecule has 19 heavy (non-hydrogen) atoms. The van der Waals surface area contributed by atoms with Gasteiger partial charge in [-0.15, -0.1) is 0 Å². The molecule has 1 N–H and O–H groups in total. The van der Waals surface area contributed by atoms with Crippen molar-refractivity contribution in [3.63, 3.8) is 0 Å². The van der Waals surface area contributed by atoms with Crippen LogP contribution in [-0.4, -0.2) is 39.2 Å². The fraction of sp³-hybridized carbons (Fsp3) is 0.769. The van der Waals surface area contributed by atoms with E-state index < -0.39 is 11.4 Å². The number of hydrogen-bond donors (Lipinski definition) is 1. The number of carboxylic acids is 1. The summed E-state index contributed by atoms with van der Waals surface area (Å²) in [6.45, 7) is 3.85. The highest BCUT2D eigenvalue weighted by Gasteiger charge is 2.38. The molecular weight excluding hydrogens is 246 g/mol. The monoisotopic (exact) mass is 265 g/mol. The van der Waals surface area contributed by atoms with Crippen LogP contribution in [-0.2, 0) is 11.3 Å². The number of rotatable bonds is 4. The maximum atomic E-state index is 11.3. The summed E-state index contributed by atoms with van der Waals surface area (Å²) in [6.07, 6.45) is 3.92. The molecule has 1 atom stereocenters. The zero-order valence-corrected chi connectivity index (χ0v) is 11.1. The maximum Gasteiger partial charge on any atom is 0.310 e. The van der Waals surface area contributed by atoms with Crippen LogP contribution in [0.25, 0.3) is 0 Å². The Hall–Kier alpha value is -1.43. The maximum absolute atomic E-state index is 11.3. The molecule has 6 heteroatoms. The number of hydrogen-bond acceptors (Lipinski definition) is 5. The number of likely N-dealkylation sites (tertiary alicyclic amines) is 1. The van der Waals surface area contributed by atoms with Gasteiger partial charge in [-0.25, -0.2) is 0 Å². The molecule has 3 rings (SSSR count). The van der Waals surface area contributed by atoms with Crippen molar-refractivity contribution in [2.24, 2.45) is 5.41 Å². The normalized spacial score (nSPS) is 28.5. The van der Waals surface area contributed by atoms with Crippen LogP contribution in [0.5, 0.6) is 0 Å². The molecule has 1 unspecified atom stereocenters. The molecule has 0 amide bonds. The van der Waals surface area contributed by atoms with Crippen molar-refractivity contribution in [3.8, 4) is 0 Å². The molecule has 1 aliphatic heterocycles. The van der Waals surface area contributed by atoms with E-state index in [4.69, 9.17) is 4.52 Å². The predicted molar refractivity (Wildman–Crippen MR) is 66.5 cm³/mol. The third-order valence-corrected chi connectivity index (χ3v) is 4.07. The van der Waals surface area contributed by atoms with Crippen molar-refractivity contribution in [2.45, 2.75) is 45.1 Å². The Labute approximate surface area is 111 Å². The van der Waals surface area contributed by atoms with Crippen molar-refractivity contribution in [2.75, 3.05) is 13.1 Å². The van der Waals surface area contributed by atoms with E-state index >= 15 is 0 Å². The largest absolute Gasteiger partial charge is 0.481 e. The Kier molecular flexibility index (Phi) is 3.05. The van der Waals surface area contributed by atoms with Crippen molar-refractivity contribution in [1.29, 1.82) is 0 Å². The van der Waals surface area contributed by atoms with Crippen LogP contribution in [0.2, 0.25) is 0 Å². The van der Waals surface area contributed by atoms with Gasteiger partial charge in [-0.2, -0.15) is 4.98 Å². The molecule has 0 bridgehead atoms. The molecule has 104 valence electrons. The van der Waals surface area contributed by atoms with E-state index in [9.17, 15) is 9.90 Å². The first-order valence-corrected chi connectivity index (χ1v) is 6.85. The molecule has 0 aromatic carbocycles. The van der Waals surface area contributed by atoms with E-state index in [-0.39, 0.29) is 0 Å². The smallest absolute Gasteiger partial charge is 0.310 e. The molecule has 0 radical (unpaired) electrons. The minimum absolute atomic E-state index is 0.465. The first-order chi connectivity index (χ1) is 9.07. The van der Waals surface area contributed by atoms with Gasteiger partial charge in [-0.05, 0) is 39.2 Å². The SMILES string of the molecule is CC1(C(=O)O)CCCN(Cc2noc(C3CC3)n2)C1. The Morgan fingerprint density at radius 3 is 3.05 bits per heavy atom. The third-order valence-electron chi connectivity index (χ3n) is 4.07. The standard InChI is InChI=1S/C13H19N3O3/c1-13(12(17)18)5-2-6-16(8-13)7-10-14-11(19-15-10)9-3-4-9/h9H,2-8H2,1H3,(H,17,18). The van der Waals surface area contributed by atoms with Gasteiger partial charge in [-0.1, -0.05) is 5.16 Å². The summed E-state index contributed by atoms with van der Waals surface area (Å²) in [4.78, 5) is 17.8. The van der Waals surface area contributed by atoms with Gasteiger partial charge in [0.2, 0.25) is 5.89 Å². The summed E-state index contributed by atoms with van der Waals surface area (Å²) in [6, 6.07) is 0. The van der Waals surface area contributed by atoms with E-state index in [1.165, 1.54) is 0 Å². The Morgan fingerprint density at radius 1 is 1.58 bits per heavy atom. The second-order valence-electron chi connectivity index (χ2n) is 6.00. The molecule has 2 heterocycles. The molecule has 6 nitrogen and oxygen atoms in total. The van der Waals surface area contributed by atoms with E-state index in [1.807, 2.05) is 6.92 Å². The van der Waals surface area contributed by atoms with Crippen LogP contribution < -0.4 is 0 Å². The van der Waals surface area contributed by atoms with E-state index in [1.54, 1.807) is 0 Å². The molecule has 1 aromatic heterocycles. The summed E-state index contributed by atoms with van der Waals surface area (Å²) < 4.78 is 5.23. The van der Waals surface area contributed by atoms with Gasteiger partial charge in [0.05, 0.1) is 12.0 Å². The van der Waals surface area contributed by atoms with Crippen LogP contribution >= 0.6 is 0 Å². The zero-order chi connectivity index (χ0) is 13.5. The van der Waals surface area contributed by atoms with Crippen LogP contribution in [0.15, 0.2) is 4.52 Å². The van der Waals surface area contributed by atoms with Crippen molar-refractivity contribution in [3.05, 3.63) is 11.7 Å². The van der Waals surface area contributed by atoms with Gasteiger partial charge in [-0.3, -0.25) is 9.69 Å². The van der Waals surface area contributed by atoms with Crippen molar-refractivity contribution in [1.82, 2.24) is 15.0 Å². The van der Waals surface area contributed by atoms with Crippen LogP contribution in [0.4, 0.5) is 0 Å². The molecule has 1 saturated heterocycles. The first kappa shape index (κ1) is 12.6. The second-order valence-corrected chi connectivity index (χ2v) is 6.00. The van der Waals surface area contributed by atoms with Gasteiger partial charge < -0.3 is 9.63 Å². The average molecular weight is 265 g/mol. The number of nitrogens with zero attached hydrogens (tertiary/aromatic N) is 3. The summed E-state index contributed by atoms with van der Waals surface area (Å²) in [5, 5.41) is 13.3. The highest BCUT2D eigenvalue weighted by atomic mass is 16.5. The highest BCUT2D eigenvalue weighted by molar-refractivity contribution is 5.74. The summed E-state index contributed by atoms with van der Waals surface area (Å²) >= 11 is 0. The van der Waals surface area contributed by atoms with Crippen LogP contribution in [0.1, 0.15) is 50.2 Å².